The van der Waals surface area contributed by atoms with Crippen LogP contribution in [0.25, 0.3) is 55.0 Å². The Bertz CT molecular complexity index is 3890. The molecule has 78 heavy (non-hydrogen) atoms. The molecule has 0 radical (unpaired) electrons. The first-order chi connectivity index (χ1) is 38.0. The quantitative estimate of drug-likeness (QED) is 0.0954. The summed E-state index contributed by atoms with van der Waals surface area (Å²) < 4.78 is 5.16. The van der Waals surface area contributed by atoms with Gasteiger partial charge < -0.3 is 9.13 Å². The lowest BCUT2D eigenvalue weighted by molar-refractivity contribution is 0.590. The first-order valence-corrected chi connectivity index (χ1v) is 31.6. The summed E-state index contributed by atoms with van der Waals surface area (Å²) in [5.41, 5.74) is 9.76. The van der Waals surface area contributed by atoms with Crippen molar-refractivity contribution in [3.8, 4) is 11.4 Å². The number of fused-ring (bicyclic) bond motifs is 6. The number of nitrogens with zero attached hydrogens (tertiary/aromatic N) is 2. The van der Waals surface area contributed by atoms with Gasteiger partial charge in [0.25, 0.3) is 0 Å². The van der Waals surface area contributed by atoms with Gasteiger partial charge in [-0.15, -0.1) is 0 Å². The molecular formula is C74H64N2Si2. The highest BCUT2D eigenvalue weighted by Crippen LogP contribution is 2.42. The maximum absolute atomic E-state index is 3.14. The Morgan fingerprint density at radius 2 is 0.590 bits per heavy atom. The summed E-state index contributed by atoms with van der Waals surface area (Å²) in [4.78, 5) is 0. The molecule has 2 aromatic heterocycles. The minimum absolute atomic E-state index is 0.00493. The average molecular weight is 1040 g/mol. The molecule has 0 saturated heterocycles. The highest BCUT2D eigenvalue weighted by atomic mass is 28.3. The number of para-hydroxylation sites is 1. The lowest BCUT2D eigenvalue weighted by Gasteiger charge is -2.38. The number of rotatable bonds is 10. The number of hydrogen-bond acceptors (Lipinski definition) is 0. The Hall–Kier alpha value is -8.55. The van der Waals surface area contributed by atoms with E-state index in [9.17, 15) is 0 Å². The molecule has 0 atom stereocenters. The molecule has 0 aliphatic carbocycles. The van der Waals surface area contributed by atoms with Crippen LogP contribution in [0, 0.1) is 0 Å². The van der Waals surface area contributed by atoms with E-state index >= 15 is 0 Å². The van der Waals surface area contributed by atoms with Crippen molar-refractivity contribution >= 4 is 101 Å². The molecule has 0 amide bonds. The Kier molecular flexibility index (Phi) is 12.1. The standard InChI is InChI=1S/C74H64N2Si2/c1-73(2,3)53-44-46-68-65(48-53)66-49-54(74(4,5)6)45-47-69(66)76(68)71-43-27-42-70-72(71)64-40-25-26-41-67(64)75(70)55-50-62(77(56-28-13-7-14-29-56,57-30-15-8-16-31-57)58-32-17-9-18-33-58)52-63(51-55)78(59-34-19-10-20-35-59,60-36-21-11-22-37-60)61-38-23-12-24-39-61/h7-52H,1-6H3. The normalized spacial score (nSPS) is 12.5. The molecule has 0 bridgehead atoms. The summed E-state index contributed by atoms with van der Waals surface area (Å²) in [5.74, 6) is 0. The zero-order valence-corrected chi connectivity index (χ0v) is 47.5. The molecule has 378 valence electrons. The van der Waals surface area contributed by atoms with E-state index < -0.39 is 16.1 Å². The van der Waals surface area contributed by atoms with Crippen LogP contribution in [0.4, 0.5) is 0 Å². The van der Waals surface area contributed by atoms with Crippen LogP contribution in [0.15, 0.2) is 279 Å². The summed E-state index contributed by atoms with van der Waals surface area (Å²) in [7, 11) is -6.28. The first-order valence-electron chi connectivity index (χ1n) is 27.6. The smallest absolute Gasteiger partial charge is 0.179 e. The van der Waals surface area contributed by atoms with Gasteiger partial charge in [0.2, 0.25) is 0 Å². The van der Waals surface area contributed by atoms with Crippen LogP contribution >= 0.6 is 0 Å². The van der Waals surface area contributed by atoms with Crippen LogP contribution < -0.4 is 41.5 Å². The maximum Gasteiger partial charge on any atom is 0.179 e. The third-order valence-electron chi connectivity index (χ3n) is 16.7. The summed E-state index contributed by atoms with van der Waals surface area (Å²) in [6.07, 6.45) is 0. The zero-order valence-electron chi connectivity index (χ0n) is 45.5. The molecule has 2 nitrogen and oxygen atoms in total. The Balaban J connectivity index is 1.20. The van der Waals surface area contributed by atoms with Crippen molar-refractivity contribution in [3.05, 3.63) is 290 Å². The monoisotopic (exact) mass is 1040 g/mol. The van der Waals surface area contributed by atoms with E-state index in [1.54, 1.807) is 0 Å². The Morgan fingerprint density at radius 3 is 0.962 bits per heavy atom. The van der Waals surface area contributed by atoms with Crippen molar-refractivity contribution in [1.29, 1.82) is 0 Å². The molecule has 0 N–H and O–H groups in total. The summed E-state index contributed by atoms with van der Waals surface area (Å²) >= 11 is 0. The molecule has 4 heteroatoms. The van der Waals surface area contributed by atoms with Gasteiger partial charge in [0.05, 0.1) is 27.8 Å². The minimum atomic E-state index is -3.14. The van der Waals surface area contributed by atoms with Gasteiger partial charge in [0.15, 0.2) is 16.1 Å². The average Bonchev–Trinajstić information content (AvgIpc) is 4.18. The fourth-order valence-corrected chi connectivity index (χ4v) is 22.8. The molecule has 13 aromatic rings. The van der Waals surface area contributed by atoms with Gasteiger partial charge >= 0.3 is 0 Å². The predicted octanol–water partition coefficient (Wildman–Crippen LogP) is 13.2. The topological polar surface area (TPSA) is 9.86 Å². The lowest BCUT2D eigenvalue weighted by atomic mass is 9.85. The highest BCUT2D eigenvalue weighted by molar-refractivity contribution is 7.22. The van der Waals surface area contributed by atoms with Crippen molar-refractivity contribution in [2.45, 2.75) is 52.4 Å². The van der Waals surface area contributed by atoms with Gasteiger partial charge in [-0.25, -0.2) is 0 Å². The van der Waals surface area contributed by atoms with Crippen molar-refractivity contribution in [3.63, 3.8) is 0 Å². The predicted molar refractivity (Wildman–Crippen MR) is 340 cm³/mol. The van der Waals surface area contributed by atoms with Gasteiger partial charge in [-0.05, 0) is 118 Å². The molecule has 0 spiro atoms. The molecule has 0 fully saturated rings. The second kappa shape index (κ2) is 19.2. The number of benzene rings is 11. The van der Waals surface area contributed by atoms with E-state index in [0.717, 1.165) is 5.69 Å². The molecule has 11 aromatic carbocycles. The van der Waals surface area contributed by atoms with Gasteiger partial charge in [-0.3, -0.25) is 0 Å². The van der Waals surface area contributed by atoms with E-state index in [1.807, 2.05) is 0 Å². The summed E-state index contributed by atoms with van der Waals surface area (Å²) in [5, 5.41) is 15.8. The lowest BCUT2D eigenvalue weighted by Crippen LogP contribution is -2.78. The highest BCUT2D eigenvalue weighted by Gasteiger charge is 2.46. The van der Waals surface area contributed by atoms with E-state index in [0.29, 0.717) is 0 Å². The van der Waals surface area contributed by atoms with E-state index in [4.69, 9.17) is 0 Å². The fraction of sp³-hybridized carbons (Fsp3) is 0.108. The first kappa shape index (κ1) is 49.1. The van der Waals surface area contributed by atoms with Crippen molar-refractivity contribution in [1.82, 2.24) is 9.13 Å². The van der Waals surface area contributed by atoms with Gasteiger partial charge in [0.1, 0.15) is 0 Å². The van der Waals surface area contributed by atoms with Crippen LogP contribution in [0.2, 0.25) is 0 Å². The second-order valence-corrected chi connectivity index (χ2v) is 30.9. The summed E-state index contributed by atoms with van der Waals surface area (Å²) in [6, 6.07) is 107. The third-order valence-corrected chi connectivity index (χ3v) is 26.2. The SMILES string of the molecule is CC(C)(C)c1ccc2c(c1)c1cc(C(C)(C)C)ccc1n2-c1cccc2c1c1ccccc1n2-c1cc([Si](c2ccccc2)(c2ccccc2)c2ccccc2)cc([Si](c2ccccc2)(c2ccccc2)c2ccccc2)c1. The van der Waals surface area contributed by atoms with Crippen LogP contribution in [0.1, 0.15) is 52.7 Å². The van der Waals surface area contributed by atoms with Crippen LogP contribution in [-0.4, -0.2) is 25.3 Å². The summed E-state index contributed by atoms with van der Waals surface area (Å²) in [6.45, 7) is 13.9. The molecule has 0 aliphatic heterocycles. The number of hydrogen-bond donors (Lipinski definition) is 0. The third kappa shape index (κ3) is 7.88. The van der Waals surface area contributed by atoms with Gasteiger partial charge in [-0.2, -0.15) is 0 Å². The molecule has 0 saturated carbocycles. The molecular weight excluding hydrogens is 973 g/mol. The molecule has 0 unspecified atom stereocenters. The Labute approximate surface area is 461 Å². The van der Waals surface area contributed by atoms with Crippen LogP contribution in [0.3, 0.4) is 0 Å². The fourth-order valence-electron chi connectivity index (χ4n) is 13.0. The molecule has 2 heterocycles. The molecule has 13 rings (SSSR count). The second-order valence-electron chi connectivity index (χ2n) is 23.3. The van der Waals surface area contributed by atoms with Gasteiger partial charge in [0, 0.05) is 27.2 Å². The van der Waals surface area contributed by atoms with E-state index in [2.05, 4.69) is 330 Å². The van der Waals surface area contributed by atoms with Crippen molar-refractivity contribution in [2.75, 3.05) is 0 Å². The maximum atomic E-state index is 2.66. The van der Waals surface area contributed by atoms with Gasteiger partial charge in [-0.1, -0.05) is 266 Å². The minimum Gasteiger partial charge on any atom is -0.309 e. The largest absolute Gasteiger partial charge is 0.309 e. The zero-order chi connectivity index (χ0) is 53.2. The van der Waals surface area contributed by atoms with E-state index in [-0.39, 0.29) is 10.8 Å². The number of aromatic nitrogens is 2. The van der Waals surface area contributed by atoms with E-state index in [1.165, 1.54) is 102 Å². The van der Waals surface area contributed by atoms with Crippen LogP contribution in [0.5, 0.6) is 0 Å². The molecule has 0 aliphatic rings. The van der Waals surface area contributed by atoms with Crippen molar-refractivity contribution < 1.29 is 0 Å². The Morgan fingerprint density at radius 1 is 0.256 bits per heavy atom. The van der Waals surface area contributed by atoms with Crippen LogP contribution in [-0.2, 0) is 10.8 Å². The van der Waals surface area contributed by atoms with Crippen molar-refractivity contribution in [2.24, 2.45) is 0 Å².